The van der Waals surface area contributed by atoms with Crippen LogP contribution in [0.5, 0.6) is 0 Å². The summed E-state index contributed by atoms with van der Waals surface area (Å²) in [6.07, 6.45) is 4.03. The Kier molecular flexibility index (Phi) is 7.97. The van der Waals surface area contributed by atoms with E-state index in [0.717, 1.165) is 19.3 Å². The third-order valence-electron chi connectivity index (χ3n) is 6.02. The summed E-state index contributed by atoms with van der Waals surface area (Å²) in [5, 5.41) is 1.24. The zero-order valence-electron chi connectivity index (χ0n) is 19.4. The van der Waals surface area contributed by atoms with E-state index < -0.39 is 0 Å². The minimum atomic E-state index is -0.313. The van der Waals surface area contributed by atoms with Gasteiger partial charge in [-0.15, -0.1) is 0 Å². The average molecular weight is 493 g/mol. The number of thioether (sulfide) groups is 1. The van der Waals surface area contributed by atoms with Crippen LogP contribution in [0.25, 0.3) is 10.9 Å². The summed E-state index contributed by atoms with van der Waals surface area (Å²) < 4.78 is 1.71. The molecule has 2 N–H and O–H groups in total. The molecule has 182 valence electrons. The molecule has 0 radical (unpaired) electrons. The van der Waals surface area contributed by atoms with Crippen LogP contribution in [0.2, 0.25) is 0 Å². The first-order valence-electron chi connectivity index (χ1n) is 11.8. The number of aromatic nitrogens is 2. The van der Waals surface area contributed by atoms with Gasteiger partial charge in [0.15, 0.2) is 5.16 Å². The van der Waals surface area contributed by atoms with Gasteiger partial charge in [0.2, 0.25) is 5.91 Å². The SMILES string of the molecule is NC(=O)CCCCCn1c(SCCCCN2C(=O)c3ccccc3C2=O)nc2ccccc2c1=O. The molecule has 9 heteroatoms. The van der Waals surface area contributed by atoms with Gasteiger partial charge < -0.3 is 5.73 Å². The first-order chi connectivity index (χ1) is 17.0. The topological polar surface area (TPSA) is 115 Å². The normalized spacial score (nSPS) is 13.0. The molecular weight excluding hydrogens is 464 g/mol. The standard InChI is InChI=1S/C26H28N4O4S/c27-22(31)14-2-1-7-16-30-25(34)20-12-5-6-13-21(20)28-26(30)35-17-9-8-15-29-23(32)18-10-3-4-11-19(18)24(29)33/h3-6,10-13H,1-2,7-9,14-17H2,(H2,27,31). The fourth-order valence-corrected chi connectivity index (χ4v) is 5.20. The number of carbonyl (C=O) groups excluding carboxylic acids is 3. The predicted octanol–water partition coefficient (Wildman–Crippen LogP) is 3.61. The molecule has 0 unspecified atom stereocenters. The number of primary amides is 1. The lowest BCUT2D eigenvalue weighted by atomic mass is 10.1. The lowest BCUT2D eigenvalue weighted by Crippen LogP contribution is -2.30. The van der Waals surface area contributed by atoms with Gasteiger partial charge in [-0.2, -0.15) is 0 Å². The summed E-state index contributed by atoms with van der Waals surface area (Å²) in [6.45, 7) is 0.886. The van der Waals surface area contributed by atoms with E-state index in [-0.39, 0.29) is 23.3 Å². The summed E-state index contributed by atoms with van der Waals surface area (Å²) in [5.41, 5.74) is 6.73. The van der Waals surface area contributed by atoms with Gasteiger partial charge in [-0.3, -0.25) is 28.6 Å². The molecule has 0 saturated carbocycles. The highest BCUT2D eigenvalue weighted by Crippen LogP contribution is 2.24. The van der Waals surface area contributed by atoms with Gasteiger partial charge in [-0.05, 0) is 49.9 Å². The van der Waals surface area contributed by atoms with Crippen molar-refractivity contribution in [1.29, 1.82) is 0 Å². The minimum absolute atomic E-state index is 0.0703. The van der Waals surface area contributed by atoms with Crippen LogP contribution >= 0.6 is 11.8 Å². The number of hydrogen-bond donors (Lipinski definition) is 1. The number of hydrogen-bond acceptors (Lipinski definition) is 6. The van der Waals surface area contributed by atoms with Crippen molar-refractivity contribution in [2.24, 2.45) is 5.73 Å². The van der Waals surface area contributed by atoms with Gasteiger partial charge in [-0.25, -0.2) is 4.98 Å². The second-order valence-corrected chi connectivity index (χ2v) is 9.57. The van der Waals surface area contributed by atoms with Crippen molar-refractivity contribution in [3.05, 3.63) is 70.0 Å². The Bertz CT molecular complexity index is 1290. The first kappa shape index (κ1) is 24.7. The highest BCUT2D eigenvalue weighted by Gasteiger charge is 2.34. The van der Waals surface area contributed by atoms with Crippen LogP contribution in [0, 0.1) is 0 Å². The van der Waals surface area contributed by atoms with Gasteiger partial charge in [0.05, 0.1) is 22.0 Å². The smallest absolute Gasteiger partial charge is 0.262 e. The molecule has 0 bridgehead atoms. The lowest BCUT2D eigenvalue weighted by Gasteiger charge is -2.14. The summed E-state index contributed by atoms with van der Waals surface area (Å²) in [6, 6.07) is 14.2. The van der Waals surface area contributed by atoms with E-state index >= 15 is 0 Å². The van der Waals surface area contributed by atoms with E-state index in [1.807, 2.05) is 18.2 Å². The number of nitrogens with two attached hydrogens (primary N) is 1. The van der Waals surface area contributed by atoms with E-state index in [4.69, 9.17) is 10.7 Å². The Balaban J connectivity index is 1.36. The summed E-state index contributed by atoms with van der Waals surface area (Å²) in [7, 11) is 0. The van der Waals surface area contributed by atoms with Crippen LogP contribution in [0.4, 0.5) is 0 Å². The minimum Gasteiger partial charge on any atom is -0.370 e. The molecule has 2 aromatic carbocycles. The first-order valence-corrected chi connectivity index (χ1v) is 12.8. The molecule has 1 aliphatic heterocycles. The maximum Gasteiger partial charge on any atom is 0.262 e. The fraction of sp³-hybridized carbons (Fsp3) is 0.346. The molecule has 1 aliphatic rings. The van der Waals surface area contributed by atoms with Crippen LogP contribution in [-0.2, 0) is 11.3 Å². The molecule has 2 heterocycles. The van der Waals surface area contributed by atoms with Gasteiger partial charge in [-0.1, -0.05) is 42.4 Å². The maximum absolute atomic E-state index is 13.1. The molecule has 0 spiro atoms. The van der Waals surface area contributed by atoms with Crippen LogP contribution in [0.3, 0.4) is 0 Å². The fourth-order valence-electron chi connectivity index (χ4n) is 4.18. The lowest BCUT2D eigenvalue weighted by molar-refractivity contribution is -0.118. The molecule has 35 heavy (non-hydrogen) atoms. The summed E-state index contributed by atoms with van der Waals surface area (Å²) in [4.78, 5) is 55.1. The number of carbonyl (C=O) groups is 3. The van der Waals surface area contributed by atoms with Crippen LogP contribution in [0.1, 0.15) is 59.2 Å². The number of fused-ring (bicyclic) bond motifs is 2. The zero-order valence-corrected chi connectivity index (χ0v) is 20.3. The van der Waals surface area contributed by atoms with Crippen molar-refractivity contribution < 1.29 is 14.4 Å². The van der Waals surface area contributed by atoms with Crippen molar-refractivity contribution in [2.45, 2.75) is 50.2 Å². The number of para-hydroxylation sites is 1. The van der Waals surface area contributed by atoms with Crippen LogP contribution in [-0.4, -0.2) is 44.5 Å². The second-order valence-electron chi connectivity index (χ2n) is 8.51. The maximum atomic E-state index is 13.1. The quantitative estimate of drug-likeness (QED) is 0.179. The van der Waals surface area contributed by atoms with Crippen LogP contribution < -0.4 is 11.3 Å². The molecule has 0 saturated heterocycles. The number of imide groups is 1. The second kappa shape index (κ2) is 11.3. The third-order valence-corrected chi connectivity index (χ3v) is 7.08. The molecule has 0 fully saturated rings. The van der Waals surface area contributed by atoms with Gasteiger partial charge in [0.25, 0.3) is 17.4 Å². The van der Waals surface area contributed by atoms with E-state index in [0.29, 0.717) is 65.3 Å². The molecule has 3 amide bonds. The number of unbranched alkanes of at least 4 members (excludes halogenated alkanes) is 3. The van der Waals surface area contributed by atoms with E-state index in [1.54, 1.807) is 34.9 Å². The van der Waals surface area contributed by atoms with Gasteiger partial charge in [0.1, 0.15) is 0 Å². The molecule has 1 aromatic heterocycles. The molecule has 3 aromatic rings. The van der Waals surface area contributed by atoms with Gasteiger partial charge >= 0.3 is 0 Å². The van der Waals surface area contributed by atoms with E-state index in [9.17, 15) is 19.2 Å². The number of amides is 3. The Morgan fingerprint density at radius 1 is 0.829 bits per heavy atom. The van der Waals surface area contributed by atoms with Crippen molar-refractivity contribution >= 4 is 40.4 Å². The van der Waals surface area contributed by atoms with Crippen molar-refractivity contribution in [3.8, 4) is 0 Å². The van der Waals surface area contributed by atoms with Crippen molar-refractivity contribution in [1.82, 2.24) is 14.5 Å². The Labute approximate surface area is 207 Å². The summed E-state index contributed by atoms with van der Waals surface area (Å²) >= 11 is 1.51. The number of rotatable bonds is 12. The summed E-state index contributed by atoms with van der Waals surface area (Å²) in [5.74, 6) is -0.0819. The Morgan fingerprint density at radius 3 is 2.20 bits per heavy atom. The number of benzene rings is 2. The predicted molar refractivity (Wildman–Crippen MR) is 135 cm³/mol. The molecule has 4 rings (SSSR count). The highest BCUT2D eigenvalue weighted by molar-refractivity contribution is 7.99. The van der Waals surface area contributed by atoms with E-state index in [1.165, 1.54) is 16.7 Å². The van der Waals surface area contributed by atoms with E-state index in [2.05, 4.69) is 0 Å². The monoisotopic (exact) mass is 492 g/mol. The molecule has 8 nitrogen and oxygen atoms in total. The molecule has 0 atom stereocenters. The largest absolute Gasteiger partial charge is 0.370 e. The van der Waals surface area contributed by atoms with Crippen LogP contribution in [0.15, 0.2) is 58.5 Å². The van der Waals surface area contributed by atoms with Crippen molar-refractivity contribution in [3.63, 3.8) is 0 Å². The molecular formula is C26H28N4O4S. The highest BCUT2D eigenvalue weighted by atomic mass is 32.2. The Hall–Kier alpha value is -3.46. The Morgan fingerprint density at radius 2 is 1.49 bits per heavy atom. The number of nitrogens with zero attached hydrogens (tertiary/aromatic N) is 3. The third kappa shape index (κ3) is 5.62. The average Bonchev–Trinajstić information content (AvgIpc) is 3.10. The van der Waals surface area contributed by atoms with Gasteiger partial charge in [0, 0.05) is 25.3 Å². The molecule has 0 aliphatic carbocycles. The zero-order chi connectivity index (χ0) is 24.8. The van der Waals surface area contributed by atoms with Crippen molar-refractivity contribution in [2.75, 3.05) is 12.3 Å².